The van der Waals surface area contributed by atoms with E-state index in [0.29, 0.717) is 23.1 Å². The molecular weight excluding hydrogens is 276 g/mol. The van der Waals surface area contributed by atoms with E-state index in [-0.39, 0.29) is 5.91 Å². The van der Waals surface area contributed by atoms with Gasteiger partial charge in [0.2, 0.25) is 16.2 Å². The highest BCUT2D eigenvalue weighted by Gasteiger charge is 2.08. The van der Waals surface area contributed by atoms with E-state index in [2.05, 4.69) is 19.7 Å². The minimum absolute atomic E-state index is 0.0539. The van der Waals surface area contributed by atoms with Gasteiger partial charge in [0.1, 0.15) is 0 Å². The van der Waals surface area contributed by atoms with Crippen molar-refractivity contribution in [2.45, 2.75) is 18.0 Å². The van der Waals surface area contributed by atoms with Crippen LogP contribution in [0.1, 0.15) is 12.1 Å². The third-order valence-electron chi connectivity index (χ3n) is 1.93. The summed E-state index contributed by atoms with van der Waals surface area (Å²) in [6.45, 7) is 0. The Morgan fingerprint density at radius 3 is 3.12 bits per heavy atom. The molecule has 90 valence electrons. The largest absolute Gasteiger partial charge is 0.301 e. The molecule has 0 aliphatic heterocycles. The highest BCUT2D eigenvalue weighted by molar-refractivity contribution is 7.98. The smallest absolute Gasteiger partial charge is 0.226 e. The number of thiazole rings is 1. The van der Waals surface area contributed by atoms with Crippen molar-refractivity contribution in [3.8, 4) is 0 Å². The molecule has 0 spiro atoms. The molecule has 17 heavy (non-hydrogen) atoms. The van der Waals surface area contributed by atoms with Gasteiger partial charge in [0.15, 0.2) is 0 Å². The van der Waals surface area contributed by atoms with Gasteiger partial charge >= 0.3 is 0 Å². The van der Waals surface area contributed by atoms with Crippen molar-refractivity contribution in [3.63, 3.8) is 0 Å². The first-order valence-electron chi connectivity index (χ1n) is 4.82. The average molecular weight is 286 g/mol. The van der Waals surface area contributed by atoms with Crippen LogP contribution in [0.15, 0.2) is 16.0 Å². The maximum atomic E-state index is 11.6. The molecular formula is C9H10N4OS3. The van der Waals surface area contributed by atoms with Crippen LogP contribution in [0.3, 0.4) is 0 Å². The van der Waals surface area contributed by atoms with Crippen LogP contribution in [0.25, 0.3) is 0 Å². The van der Waals surface area contributed by atoms with Gasteiger partial charge in [-0.1, -0.05) is 11.8 Å². The average Bonchev–Trinajstić information content (AvgIpc) is 2.97. The summed E-state index contributed by atoms with van der Waals surface area (Å²) in [5.41, 5.74) is 2.72. The standard InChI is InChI=1S/C9H10N4OS3/c1-15-9-12-8(17-13-9)11-7(14)3-2-6-4-16-5-10-6/h4-5H,2-3H2,1H3,(H,11,12,13,14). The molecule has 0 aromatic carbocycles. The molecule has 2 heterocycles. The number of carbonyl (C=O) groups excluding carboxylic acids is 1. The summed E-state index contributed by atoms with van der Waals surface area (Å²) in [4.78, 5) is 19.9. The van der Waals surface area contributed by atoms with E-state index >= 15 is 0 Å². The Morgan fingerprint density at radius 1 is 1.59 bits per heavy atom. The Kier molecular flexibility index (Phi) is 4.46. The van der Waals surface area contributed by atoms with Crippen LogP contribution >= 0.6 is 34.6 Å². The lowest BCUT2D eigenvalue weighted by molar-refractivity contribution is -0.116. The lowest BCUT2D eigenvalue weighted by Gasteiger charge is -1.98. The number of anilines is 1. The van der Waals surface area contributed by atoms with Crippen molar-refractivity contribution in [3.05, 3.63) is 16.6 Å². The van der Waals surface area contributed by atoms with Crippen LogP contribution in [0, 0.1) is 0 Å². The zero-order valence-electron chi connectivity index (χ0n) is 9.04. The van der Waals surface area contributed by atoms with Crippen LogP contribution in [0.4, 0.5) is 5.13 Å². The van der Waals surface area contributed by atoms with E-state index in [9.17, 15) is 4.79 Å². The number of thioether (sulfide) groups is 1. The van der Waals surface area contributed by atoms with Crippen molar-refractivity contribution in [2.24, 2.45) is 0 Å². The zero-order valence-corrected chi connectivity index (χ0v) is 11.5. The fourth-order valence-corrected chi connectivity index (χ4v) is 2.86. The fourth-order valence-electron chi connectivity index (χ4n) is 1.13. The molecule has 5 nitrogen and oxygen atoms in total. The molecule has 8 heteroatoms. The molecule has 0 radical (unpaired) electrons. The Balaban J connectivity index is 1.81. The van der Waals surface area contributed by atoms with Gasteiger partial charge in [-0.15, -0.1) is 11.3 Å². The first-order valence-corrected chi connectivity index (χ1v) is 7.76. The Hall–Kier alpha value is -0.990. The second kappa shape index (κ2) is 6.08. The third kappa shape index (κ3) is 3.76. The Labute approximate surface area is 111 Å². The van der Waals surface area contributed by atoms with Gasteiger partial charge in [-0.2, -0.15) is 9.36 Å². The summed E-state index contributed by atoms with van der Waals surface area (Å²) in [6, 6.07) is 0. The van der Waals surface area contributed by atoms with Gasteiger partial charge in [0.05, 0.1) is 11.2 Å². The molecule has 0 atom stereocenters. The summed E-state index contributed by atoms with van der Waals surface area (Å²) in [5.74, 6) is -0.0539. The van der Waals surface area contributed by atoms with Crippen molar-refractivity contribution in [2.75, 3.05) is 11.6 Å². The van der Waals surface area contributed by atoms with E-state index in [1.807, 2.05) is 11.6 Å². The molecule has 0 saturated heterocycles. The first kappa shape index (κ1) is 12.5. The molecule has 2 rings (SSSR count). The number of rotatable bonds is 5. The number of hydrogen-bond donors (Lipinski definition) is 1. The summed E-state index contributed by atoms with van der Waals surface area (Å²) in [7, 11) is 0. The van der Waals surface area contributed by atoms with Gasteiger partial charge in [0.25, 0.3) is 0 Å². The van der Waals surface area contributed by atoms with Crippen LogP contribution in [0.2, 0.25) is 0 Å². The second-order valence-electron chi connectivity index (χ2n) is 3.11. The second-order valence-corrected chi connectivity index (χ2v) is 5.36. The van der Waals surface area contributed by atoms with Crippen LogP contribution in [-0.4, -0.2) is 26.5 Å². The predicted octanol–water partition coefficient (Wildman–Crippen LogP) is 2.29. The number of carbonyl (C=O) groups is 1. The lowest BCUT2D eigenvalue weighted by atomic mass is 10.2. The number of hydrogen-bond acceptors (Lipinski definition) is 7. The number of aromatic nitrogens is 3. The number of amides is 1. The number of nitrogens with one attached hydrogen (secondary N) is 1. The van der Waals surface area contributed by atoms with E-state index < -0.39 is 0 Å². The van der Waals surface area contributed by atoms with Crippen molar-refractivity contribution in [1.82, 2.24) is 14.3 Å². The van der Waals surface area contributed by atoms with E-state index in [1.165, 1.54) is 34.6 Å². The molecule has 2 aromatic rings. The summed E-state index contributed by atoms with van der Waals surface area (Å²) in [6.07, 6.45) is 2.97. The molecule has 0 bridgehead atoms. The summed E-state index contributed by atoms with van der Waals surface area (Å²) in [5, 5.41) is 5.91. The Morgan fingerprint density at radius 2 is 2.47 bits per heavy atom. The monoisotopic (exact) mass is 286 g/mol. The molecule has 1 amide bonds. The van der Waals surface area contributed by atoms with Crippen LogP contribution in [-0.2, 0) is 11.2 Å². The topological polar surface area (TPSA) is 67.8 Å². The lowest BCUT2D eigenvalue weighted by Crippen LogP contribution is -2.12. The molecule has 0 saturated carbocycles. The van der Waals surface area contributed by atoms with Crippen LogP contribution < -0.4 is 5.32 Å². The maximum absolute atomic E-state index is 11.6. The van der Waals surface area contributed by atoms with E-state index in [0.717, 1.165) is 5.69 Å². The quantitative estimate of drug-likeness (QED) is 0.854. The normalized spacial score (nSPS) is 10.4. The highest BCUT2D eigenvalue weighted by atomic mass is 32.2. The summed E-state index contributed by atoms with van der Waals surface area (Å²) < 4.78 is 4.07. The number of aryl methyl sites for hydroxylation is 1. The van der Waals surface area contributed by atoms with Crippen LogP contribution in [0.5, 0.6) is 0 Å². The molecule has 2 aromatic heterocycles. The third-order valence-corrected chi connectivity index (χ3v) is 3.86. The molecule has 0 aliphatic rings. The van der Waals surface area contributed by atoms with Crippen molar-refractivity contribution >= 4 is 45.7 Å². The number of nitrogens with zero attached hydrogens (tertiary/aromatic N) is 3. The maximum Gasteiger partial charge on any atom is 0.226 e. The van der Waals surface area contributed by atoms with Gasteiger partial charge in [0, 0.05) is 23.3 Å². The molecule has 1 N–H and O–H groups in total. The highest BCUT2D eigenvalue weighted by Crippen LogP contribution is 2.17. The van der Waals surface area contributed by atoms with Gasteiger partial charge < -0.3 is 5.32 Å². The van der Waals surface area contributed by atoms with Gasteiger partial charge in [-0.25, -0.2) is 4.98 Å². The van der Waals surface area contributed by atoms with E-state index in [4.69, 9.17) is 0 Å². The van der Waals surface area contributed by atoms with Crippen molar-refractivity contribution < 1.29 is 4.79 Å². The van der Waals surface area contributed by atoms with Crippen molar-refractivity contribution in [1.29, 1.82) is 0 Å². The van der Waals surface area contributed by atoms with E-state index in [1.54, 1.807) is 5.51 Å². The molecule has 0 fully saturated rings. The Bertz CT molecular complexity index is 482. The fraction of sp³-hybridized carbons (Fsp3) is 0.333. The summed E-state index contributed by atoms with van der Waals surface area (Å²) >= 11 is 4.19. The predicted molar refractivity (Wildman–Crippen MR) is 70.8 cm³/mol. The molecule has 0 unspecified atom stereocenters. The van der Waals surface area contributed by atoms with Gasteiger partial charge in [-0.3, -0.25) is 4.79 Å². The molecule has 0 aliphatic carbocycles. The zero-order chi connectivity index (χ0) is 12.1. The minimum atomic E-state index is -0.0539. The SMILES string of the molecule is CSc1nsc(NC(=O)CCc2cscn2)n1. The minimum Gasteiger partial charge on any atom is -0.301 e. The van der Waals surface area contributed by atoms with Gasteiger partial charge in [-0.05, 0) is 12.7 Å². The first-order chi connectivity index (χ1) is 8.28.